The largest absolute Gasteiger partial charge is 0.346 e. The van der Waals surface area contributed by atoms with E-state index in [9.17, 15) is 9.59 Å². The van der Waals surface area contributed by atoms with E-state index < -0.39 is 0 Å². The van der Waals surface area contributed by atoms with Crippen molar-refractivity contribution in [3.8, 4) is 0 Å². The maximum atomic E-state index is 12.5. The zero-order chi connectivity index (χ0) is 16.6. The normalized spacial score (nSPS) is 10.9. The summed E-state index contributed by atoms with van der Waals surface area (Å²) in [7, 11) is 1.68. The van der Waals surface area contributed by atoms with Gasteiger partial charge in [-0.1, -0.05) is 11.6 Å². The summed E-state index contributed by atoms with van der Waals surface area (Å²) < 4.78 is 1.50. The van der Waals surface area contributed by atoms with Crippen LogP contribution in [-0.2, 0) is 13.6 Å². The first-order valence-electron chi connectivity index (χ1n) is 6.90. The number of carbonyl (C=O) groups is 1. The SMILES string of the molecule is Cc1cc(C(=O)NCc2ccc(Cl)cn2)c2c(=O)[nH]n(C)c2n1. The van der Waals surface area contributed by atoms with Gasteiger partial charge >= 0.3 is 0 Å². The molecule has 8 heteroatoms. The molecule has 0 spiro atoms. The molecule has 3 aromatic rings. The average molecular weight is 332 g/mol. The molecule has 0 bridgehead atoms. The molecule has 0 aliphatic carbocycles. The summed E-state index contributed by atoms with van der Waals surface area (Å²) >= 11 is 5.78. The van der Waals surface area contributed by atoms with Crippen molar-refractivity contribution in [3.63, 3.8) is 0 Å². The molecule has 23 heavy (non-hydrogen) atoms. The lowest BCUT2D eigenvalue weighted by Crippen LogP contribution is -2.24. The molecule has 0 aromatic carbocycles. The topological polar surface area (TPSA) is 92.7 Å². The van der Waals surface area contributed by atoms with E-state index in [1.807, 2.05) is 0 Å². The highest BCUT2D eigenvalue weighted by molar-refractivity contribution is 6.30. The Kier molecular flexibility index (Phi) is 3.87. The van der Waals surface area contributed by atoms with Crippen LogP contribution in [0.25, 0.3) is 11.0 Å². The second kappa shape index (κ2) is 5.85. The van der Waals surface area contributed by atoms with Crippen LogP contribution < -0.4 is 10.9 Å². The predicted molar refractivity (Wildman–Crippen MR) is 86.5 cm³/mol. The average Bonchev–Trinajstić information content (AvgIpc) is 2.80. The van der Waals surface area contributed by atoms with Crippen LogP contribution >= 0.6 is 11.6 Å². The van der Waals surface area contributed by atoms with Gasteiger partial charge in [0.05, 0.1) is 28.2 Å². The fourth-order valence-corrected chi connectivity index (χ4v) is 2.45. The molecule has 0 atom stereocenters. The second-order valence-corrected chi connectivity index (χ2v) is 5.60. The quantitative estimate of drug-likeness (QED) is 0.761. The maximum absolute atomic E-state index is 12.5. The number of hydrogen-bond acceptors (Lipinski definition) is 4. The van der Waals surface area contributed by atoms with E-state index in [4.69, 9.17) is 11.6 Å². The molecule has 1 amide bonds. The molecule has 118 valence electrons. The summed E-state index contributed by atoms with van der Waals surface area (Å²) in [5.74, 6) is -0.353. The van der Waals surface area contributed by atoms with E-state index in [1.165, 1.54) is 10.9 Å². The minimum atomic E-state index is -0.353. The van der Waals surface area contributed by atoms with Crippen LogP contribution in [0.1, 0.15) is 21.7 Å². The number of halogens is 1. The van der Waals surface area contributed by atoms with Crippen molar-refractivity contribution in [2.75, 3.05) is 0 Å². The van der Waals surface area contributed by atoms with Gasteiger partial charge in [-0.15, -0.1) is 0 Å². The first-order chi connectivity index (χ1) is 11.0. The number of nitrogens with zero attached hydrogens (tertiary/aromatic N) is 3. The third-order valence-electron chi connectivity index (χ3n) is 3.41. The number of aromatic amines is 1. The van der Waals surface area contributed by atoms with Crippen LogP contribution in [0.15, 0.2) is 29.2 Å². The van der Waals surface area contributed by atoms with Gasteiger partial charge in [0.1, 0.15) is 0 Å². The molecule has 0 aliphatic heterocycles. The van der Waals surface area contributed by atoms with Crippen molar-refractivity contribution < 1.29 is 4.79 Å². The van der Waals surface area contributed by atoms with Crippen molar-refractivity contribution >= 4 is 28.5 Å². The zero-order valence-corrected chi connectivity index (χ0v) is 13.3. The Morgan fingerprint density at radius 3 is 2.91 bits per heavy atom. The predicted octanol–water partition coefficient (Wildman–Crippen LogP) is 1.55. The lowest BCUT2D eigenvalue weighted by atomic mass is 10.1. The van der Waals surface area contributed by atoms with Crippen molar-refractivity contribution in [3.05, 3.63) is 56.7 Å². The molecular weight excluding hydrogens is 318 g/mol. The van der Waals surface area contributed by atoms with Gasteiger partial charge in [-0.05, 0) is 25.1 Å². The highest BCUT2D eigenvalue weighted by Gasteiger charge is 2.17. The number of fused-ring (bicyclic) bond motifs is 1. The van der Waals surface area contributed by atoms with Gasteiger partial charge in [0.15, 0.2) is 5.65 Å². The minimum absolute atomic E-state index is 0.240. The van der Waals surface area contributed by atoms with Crippen LogP contribution in [-0.4, -0.2) is 25.7 Å². The summed E-state index contributed by atoms with van der Waals surface area (Å²) in [6.45, 7) is 2.01. The molecule has 0 unspecified atom stereocenters. The van der Waals surface area contributed by atoms with Crippen molar-refractivity contribution in [2.24, 2.45) is 7.05 Å². The molecule has 3 aromatic heterocycles. The van der Waals surface area contributed by atoms with Crippen molar-refractivity contribution in [1.82, 2.24) is 25.1 Å². The molecule has 7 nitrogen and oxygen atoms in total. The summed E-state index contributed by atoms with van der Waals surface area (Å²) in [6.07, 6.45) is 1.51. The Bertz CT molecular complexity index is 943. The first-order valence-corrected chi connectivity index (χ1v) is 7.28. The molecular formula is C15H14ClN5O2. The number of rotatable bonds is 3. The molecule has 0 saturated heterocycles. The number of H-pyrrole nitrogens is 1. The van der Waals surface area contributed by atoms with E-state index in [1.54, 1.807) is 32.2 Å². The summed E-state index contributed by atoms with van der Waals surface area (Å²) in [4.78, 5) is 32.9. The highest BCUT2D eigenvalue weighted by Crippen LogP contribution is 2.14. The Labute approximate surface area is 136 Å². The lowest BCUT2D eigenvalue weighted by Gasteiger charge is -2.07. The third kappa shape index (κ3) is 2.95. The van der Waals surface area contributed by atoms with Gasteiger partial charge in [-0.25, -0.2) is 4.98 Å². The van der Waals surface area contributed by atoms with E-state index in [0.29, 0.717) is 27.6 Å². The molecule has 2 N–H and O–H groups in total. The smallest absolute Gasteiger partial charge is 0.274 e. The zero-order valence-electron chi connectivity index (χ0n) is 12.6. The fraction of sp³-hybridized carbons (Fsp3) is 0.200. The van der Waals surface area contributed by atoms with Gasteiger partial charge in [-0.3, -0.25) is 24.4 Å². The number of amides is 1. The monoisotopic (exact) mass is 331 g/mol. The first kappa shape index (κ1) is 15.2. The van der Waals surface area contributed by atoms with E-state index in [-0.39, 0.29) is 23.4 Å². The Balaban J connectivity index is 1.91. The second-order valence-electron chi connectivity index (χ2n) is 5.16. The number of pyridine rings is 2. The van der Waals surface area contributed by atoms with Gasteiger partial charge in [0.2, 0.25) is 0 Å². The standard InChI is InChI=1S/C15H14ClN5O2/c1-8-5-11(12-13(19-8)21(2)20-15(12)23)14(22)18-7-10-4-3-9(16)6-17-10/h3-6H,7H2,1-2H3,(H,18,22)(H,20,23). The third-order valence-corrected chi connectivity index (χ3v) is 3.63. The van der Waals surface area contributed by atoms with Gasteiger partial charge in [-0.2, -0.15) is 0 Å². The Morgan fingerprint density at radius 1 is 1.43 bits per heavy atom. The van der Waals surface area contributed by atoms with Gasteiger partial charge in [0.25, 0.3) is 11.5 Å². The van der Waals surface area contributed by atoms with Gasteiger partial charge < -0.3 is 5.32 Å². The van der Waals surface area contributed by atoms with Crippen LogP contribution in [0, 0.1) is 6.92 Å². The summed E-state index contributed by atoms with van der Waals surface area (Å²) in [6, 6.07) is 5.03. The van der Waals surface area contributed by atoms with Crippen LogP contribution in [0.4, 0.5) is 0 Å². The molecule has 0 saturated carbocycles. The van der Waals surface area contributed by atoms with E-state index in [2.05, 4.69) is 20.4 Å². The molecule has 0 radical (unpaired) electrons. The highest BCUT2D eigenvalue weighted by atomic mass is 35.5. The number of aryl methyl sites for hydroxylation is 2. The number of hydrogen-bond donors (Lipinski definition) is 2. The molecule has 3 heterocycles. The summed E-state index contributed by atoms with van der Waals surface area (Å²) in [5, 5.41) is 6.17. The number of nitrogens with one attached hydrogen (secondary N) is 2. The Morgan fingerprint density at radius 2 is 2.22 bits per heavy atom. The van der Waals surface area contributed by atoms with E-state index in [0.717, 1.165) is 0 Å². The van der Waals surface area contributed by atoms with Crippen LogP contribution in [0.3, 0.4) is 0 Å². The van der Waals surface area contributed by atoms with E-state index >= 15 is 0 Å². The fourth-order valence-electron chi connectivity index (χ4n) is 2.34. The minimum Gasteiger partial charge on any atom is -0.346 e. The molecule has 3 rings (SSSR count). The molecule has 0 aliphatic rings. The maximum Gasteiger partial charge on any atom is 0.274 e. The summed E-state index contributed by atoms with van der Waals surface area (Å²) in [5.41, 5.74) is 1.73. The van der Waals surface area contributed by atoms with Gasteiger partial charge in [0, 0.05) is 18.9 Å². The van der Waals surface area contributed by atoms with Crippen molar-refractivity contribution in [2.45, 2.75) is 13.5 Å². The molecule has 0 fully saturated rings. The van der Waals surface area contributed by atoms with Crippen LogP contribution in [0.2, 0.25) is 5.02 Å². The lowest BCUT2D eigenvalue weighted by molar-refractivity contribution is 0.0952. The van der Waals surface area contributed by atoms with Crippen molar-refractivity contribution in [1.29, 1.82) is 0 Å². The van der Waals surface area contributed by atoms with Crippen LogP contribution in [0.5, 0.6) is 0 Å². The Hall–Kier alpha value is -2.67. The number of aromatic nitrogens is 4. The number of carbonyl (C=O) groups excluding carboxylic acids is 1.